The van der Waals surface area contributed by atoms with E-state index in [-0.39, 0.29) is 18.4 Å². The van der Waals surface area contributed by atoms with Gasteiger partial charge < -0.3 is 10.1 Å². The number of amides is 1. The average Bonchev–Trinajstić information content (AvgIpc) is 2.46. The Hall–Kier alpha value is -0.870. The molecule has 0 radical (unpaired) electrons. The highest BCUT2D eigenvalue weighted by Crippen LogP contribution is 2.30. The van der Waals surface area contributed by atoms with Gasteiger partial charge in [0.05, 0.1) is 0 Å². The van der Waals surface area contributed by atoms with E-state index in [0.29, 0.717) is 6.42 Å². The quantitative estimate of drug-likeness (QED) is 0.833. The molecule has 5 heteroatoms. The number of hydrogen-bond acceptors (Lipinski definition) is 2. The summed E-state index contributed by atoms with van der Waals surface area (Å²) in [7, 11) is 0. The molecule has 0 saturated heterocycles. The van der Waals surface area contributed by atoms with E-state index in [0.717, 1.165) is 12.8 Å². The fourth-order valence-corrected chi connectivity index (χ4v) is 2.15. The first-order chi connectivity index (χ1) is 7.76. The summed E-state index contributed by atoms with van der Waals surface area (Å²) >= 11 is 0. The van der Waals surface area contributed by atoms with E-state index in [1.165, 1.54) is 0 Å². The molecule has 0 aromatic rings. The number of carbonyl (C=O) groups is 1. The maximum atomic E-state index is 12.2. The van der Waals surface area contributed by atoms with Gasteiger partial charge in [0.2, 0.25) is 6.43 Å². The molecule has 0 aromatic heterocycles. The van der Waals surface area contributed by atoms with E-state index >= 15 is 0 Å². The predicted octanol–water partition coefficient (Wildman–Crippen LogP) is 3.34. The highest BCUT2D eigenvalue weighted by Gasteiger charge is 2.29. The van der Waals surface area contributed by atoms with Crippen LogP contribution < -0.4 is 5.32 Å². The SMILES string of the molecule is CC(C)(C)OC(=O)N[C@@H]1CC[C@@H](CC(F)F)C1. The molecule has 1 aliphatic rings. The van der Waals surface area contributed by atoms with Gasteiger partial charge in [0.25, 0.3) is 0 Å². The van der Waals surface area contributed by atoms with Gasteiger partial charge >= 0.3 is 6.09 Å². The Bertz CT molecular complexity index is 264. The number of rotatable bonds is 3. The van der Waals surface area contributed by atoms with Gasteiger partial charge in [-0.25, -0.2) is 13.6 Å². The molecule has 0 aliphatic heterocycles. The molecule has 0 aromatic carbocycles. The van der Waals surface area contributed by atoms with Crippen molar-refractivity contribution in [2.24, 2.45) is 5.92 Å². The van der Waals surface area contributed by atoms with Crippen molar-refractivity contribution in [3.8, 4) is 0 Å². The van der Waals surface area contributed by atoms with Crippen LogP contribution in [0.15, 0.2) is 0 Å². The minimum absolute atomic E-state index is 0.0198. The number of ether oxygens (including phenoxy) is 1. The van der Waals surface area contributed by atoms with E-state index in [2.05, 4.69) is 5.32 Å². The Morgan fingerprint density at radius 3 is 2.59 bits per heavy atom. The van der Waals surface area contributed by atoms with Crippen molar-refractivity contribution in [2.45, 2.75) is 64.5 Å². The lowest BCUT2D eigenvalue weighted by Gasteiger charge is -2.21. The summed E-state index contributed by atoms with van der Waals surface area (Å²) in [6, 6.07) is -0.0198. The molecule has 1 aliphatic carbocycles. The van der Waals surface area contributed by atoms with Gasteiger partial charge in [-0.3, -0.25) is 0 Å². The van der Waals surface area contributed by atoms with Crippen LogP contribution in [-0.4, -0.2) is 24.2 Å². The molecule has 2 atom stereocenters. The second kappa shape index (κ2) is 5.65. The molecule has 1 rings (SSSR count). The first kappa shape index (κ1) is 14.2. The first-order valence-corrected chi connectivity index (χ1v) is 6.04. The van der Waals surface area contributed by atoms with E-state index in [1.807, 2.05) is 0 Å². The summed E-state index contributed by atoms with van der Waals surface area (Å²) in [6.45, 7) is 5.38. The number of carbonyl (C=O) groups excluding carboxylic acids is 1. The number of alkyl halides is 2. The normalized spacial score (nSPS) is 25.1. The molecule has 1 N–H and O–H groups in total. The zero-order valence-corrected chi connectivity index (χ0v) is 10.6. The zero-order chi connectivity index (χ0) is 13.1. The van der Waals surface area contributed by atoms with E-state index in [1.54, 1.807) is 20.8 Å². The fourth-order valence-electron chi connectivity index (χ4n) is 2.15. The third-order valence-corrected chi connectivity index (χ3v) is 2.77. The van der Waals surface area contributed by atoms with Crippen molar-refractivity contribution in [3.05, 3.63) is 0 Å². The summed E-state index contributed by atoms with van der Waals surface area (Å²) < 4.78 is 29.5. The highest BCUT2D eigenvalue weighted by atomic mass is 19.3. The Labute approximate surface area is 101 Å². The highest BCUT2D eigenvalue weighted by molar-refractivity contribution is 5.68. The smallest absolute Gasteiger partial charge is 0.407 e. The van der Waals surface area contributed by atoms with Gasteiger partial charge in [0.15, 0.2) is 0 Å². The van der Waals surface area contributed by atoms with Crippen molar-refractivity contribution in [1.82, 2.24) is 5.32 Å². The lowest BCUT2D eigenvalue weighted by Crippen LogP contribution is -2.38. The molecule has 0 unspecified atom stereocenters. The van der Waals surface area contributed by atoms with Crippen molar-refractivity contribution >= 4 is 6.09 Å². The molecular weight excluding hydrogens is 228 g/mol. The van der Waals surface area contributed by atoms with Crippen molar-refractivity contribution in [3.63, 3.8) is 0 Å². The molecule has 100 valence electrons. The van der Waals surface area contributed by atoms with Gasteiger partial charge in [-0.2, -0.15) is 0 Å². The molecule has 1 fully saturated rings. The number of halogens is 2. The summed E-state index contributed by atoms with van der Waals surface area (Å²) in [4.78, 5) is 11.5. The topological polar surface area (TPSA) is 38.3 Å². The molecule has 0 heterocycles. The monoisotopic (exact) mass is 249 g/mol. The maximum Gasteiger partial charge on any atom is 0.407 e. The van der Waals surface area contributed by atoms with Crippen LogP contribution in [0.3, 0.4) is 0 Å². The van der Waals surface area contributed by atoms with Gasteiger partial charge in [0.1, 0.15) is 5.60 Å². The standard InChI is InChI=1S/C12H21F2NO2/c1-12(2,3)17-11(16)15-9-5-4-8(6-9)7-10(13)14/h8-10H,4-7H2,1-3H3,(H,15,16)/t8-,9-/m1/s1. The Morgan fingerprint density at radius 2 is 2.06 bits per heavy atom. The summed E-state index contributed by atoms with van der Waals surface area (Å²) in [5.41, 5.74) is -0.523. The zero-order valence-electron chi connectivity index (χ0n) is 10.6. The van der Waals surface area contributed by atoms with Crippen LogP contribution in [0.4, 0.5) is 13.6 Å². The van der Waals surface area contributed by atoms with Gasteiger partial charge in [-0.15, -0.1) is 0 Å². The van der Waals surface area contributed by atoms with Crippen molar-refractivity contribution in [2.75, 3.05) is 0 Å². The largest absolute Gasteiger partial charge is 0.444 e. The minimum atomic E-state index is -2.25. The molecular formula is C12H21F2NO2. The van der Waals surface area contributed by atoms with Crippen LogP contribution in [0.2, 0.25) is 0 Å². The third-order valence-electron chi connectivity index (χ3n) is 2.77. The fraction of sp³-hybridized carbons (Fsp3) is 0.917. The molecule has 1 amide bonds. The number of nitrogens with one attached hydrogen (secondary N) is 1. The van der Waals surface area contributed by atoms with Gasteiger partial charge in [-0.05, 0) is 46.0 Å². The van der Waals surface area contributed by atoms with Gasteiger partial charge in [-0.1, -0.05) is 0 Å². The van der Waals surface area contributed by atoms with Crippen LogP contribution in [-0.2, 0) is 4.74 Å². The molecule has 0 bridgehead atoms. The lowest BCUT2D eigenvalue weighted by atomic mass is 10.0. The lowest BCUT2D eigenvalue weighted by molar-refractivity contribution is 0.0503. The summed E-state index contributed by atoms with van der Waals surface area (Å²) in [5.74, 6) is 0.0231. The van der Waals surface area contributed by atoms with E-state index < -0.39 is 18.1 Å². The van der Waals surface area contributed by atoms with Crippen LogP contribution >= 0.6 is 0 Å². The Kier molecular flexibility index (Phi) is 4.71. The van der Waals surface area contributed by atoms with E-state index in [4.69, 9.17) is 4.74 Å². The Morgan fingerprint density at radius 1 is 1.41 bits per heavy atom. The van der Waals surface area contributed by atoms with Crippen LogP contribution in [0.5, 0.6) is 0 Å². The molecule has 3 nitrogen and oxygen atoms in total. The predicted molar refractivity (Wildman–Crippen MR) is 61.1 cm³/mol. The van der Waals surface area contributed by atoms with Crippen LogP contribution in [0, 0.1) is 5.92 Å². The van der Waals surface area contributed by atoms with Crippen LogP contribution in [0.25, 0.3) is 0 Å². The number of alkyl carbamates (subject to hydrolysis) is 1. The molecule has 1 saturated carbocycles. The van der Waals surface area contributed by atoms with Crippen LogP contribution in [0.1, 0.15) is 46.5 Å². The number of hydrogen-bond donors (Lipinski definition) is 1. The second-order valence-electron chi connectivity index (χ2n) is 5.65. The van der Waals surface area contributed by atoms with E-state index in [9.17, 15) is 13.6 Å². The second-order valence-corrected chi connectivity index (χ2v) is 5.65. The summed E-state index contributed by atoms with van der Waals surface area (Å²) in [5, 5.41) is 2.73. The minimum Gasteiger partial charge on any atom is -0.444 e. The van der Waals surface area contributed by atoms with Crippen molar-refractivity contribution in [1.29, 1.82) is 0 Å². The average molecular weight is 249 g/mol. The van der Waals surface area contributed by atoms with Gasteiger partial charge in [0, 0.05) is 12.5 Å². The molecule has 17 heavy (non-hydrogen) atoms. The first-order valence-electron chi connectivity index (χ1n) is 6.04. The molecule has 0 spiro atoms. The van der Waals surface area contributed by atoms with Crippen molar-refractivity contribution < 1.29 is 18.3 Å². The third kappa shape index (κ3) is 5.84. The Balaban J connectivity index is 2.28. The summed E-state index contributed by atoms with van der Waals surface area (Å²) in [6.07, 6.45) is -0.627. The maximum absolute atomic E-state index is 12.2.